The fourth-order valence-electron chi connectivity index (χ4n) is 2.43. The van der Waals surface area contributed by atoms with Gasteiger partial charge in [-0.1, -0.05) is 12.1 Å². The topological polar surface area (TPSA) is 90.3 Å². The van der Waals surface area contributed by atoms with Crippen LogP contribution in [0.15, 0.2) is 24.3 Å². The average molecular weight is 269 g/mol. The molecule has 2 unspecified atom stereocenters. The first kappa shape index (κ1) is 12.4. The van der Waals surface area contributed by atoms with Gasteiger partial charge in [0, 0.05) is 0 Å². The number of hydrogen-bond acceptors (Lipinski definition) is 4. The lowest BCUT2D eigenvalue weighted by molar-refractivity contribution is -0.143. The molecule has 3 amide bonds. The van der Waals surface area contributed by atoms with Crippen molar-refractivity contribution in [3.8, 4) is 6.07 Å². The number of nitrogens with zero attached hydrogens (tertiary/aromatic N) is 2. The molecule has 1 aromatic carbocycles. The van der Waals surface area contributed by atoms with E-state index in [0.717, 1.165) is 4.90 Å². The zero-order chi connectivity index (χ0) is 14.3. The third-order valence-electron chi connectivity index (χ3n) is 3.58. The van der Waals surface area contributed by atoms with Gasteiger partial charge in [0.05, 0.1) is 23.1 Å². The highest BCUT2D eigenvalue weighted by Gasteiger charge is 2.59. The van der Waals surface area contributed by atoms with Gasteiger partial charge in [0.2, 0.25) is 17.7 Å². The van der Waals surface area contributed by atoms with Gasteiger partial charge >= 0.3 is 0 Å². The number of fused-ring (bicyclic) bond motifs is 1. The molecule has 1 saturated heterocycles. The largest absolute Gasteiger partial charge is 0.323 e. The van der Waals surface area contributed by atoms with Crippen molar-refractivity contribution in [1.29, 1.82) is 5.26 Å². The number of carbonyl (C=O) groups is 3. The van der Waals surface area contributed by atoms with E-state index in [1.54, 1.807) is 24.3 Å². The summed E-state index contributed by atoms with van der Waals surface area (Å²) in [6.45, 7) is -0.287. The lowest BCUT2D eigenvalue weighted by Crippen LogP contribution is -2.39. The Morgan fingerprint density at radius 1 is 1.30 bits per heavy atom. The van der Waals surface area contributed by atoms with Gasteiger partial charge in [-0.05, 0) is 18.6 Å². The summed E-state index contributed by atoms with van der Waals surface area (Å²) < 4.78 is 0. The maximum atomic E-state index is 11.9. The molecule has 1 aliphatic heterocycles. The highest BCUT2D eigenvalue weighted by atomic mass is 16.2. The lowest BCUT2D eigenvalue weighted by Gasteiger charge is -2.16. The maximum absolute atomic E-state index is 11.9. The zero-order valence-corrected chi connectivity index (χ0v) is 10.5. The van der Waals surface area contributed by atoms with Gasteiger partial charge in [0.15, 0.2) is 0 Å². The van der Waals surface area contributed by atoms with Crippen LogP contribution in [0.2, 0.25) is 0 Å². The molecule has 2 atom stereocenters. The Hall–Kier alpha value is -2.68. The fraction of sp³-hybridized carbons (Fsp3) is 0.286. The van der Waals surface area contributed by atoms with Gasteiger partial charge in [-0.2, -0.15) is 5.26 Å². The predicted octanol–water partition coefficient (Wildman–Crippen LogP) is 0.502. The van der Waals surface area contributed by atoms with E-state index < -0.39 is 5.91 Å². The average Bonchev–Trinajstić information content (AvgIpc) is 3.20. The van der Waals surface area contributed by atoms with E-state index in [4.69, 9.17) is 5.26 Å². The summed E-state index contributed by atoms with van der Waals surface area (Å²) in [5, 5.41) is 11.5. The van der Waals surface area contributed by atoms with Crippen LogP contribution in [-0.4, -0.2) is 29.2 Å². The zero-order valence-electron chi connectivity index (χ0n) is 10.5. The molecule has 1 N–H and O–H groups in total. The lowest BCUT2D eigenvalue weighted by atomic mass is 10.2. The molecule has 1 saturated carbocycles. The smallest absolute Gasteiger partial charge is 0.244 e. The van der Waals surface area contributed by atoms with Crippen molar-refractivity contribution >= 4 is 23.4 Å². The van der Waals surface area contributed by atoms with E-state index >= 15 is 0 Å². The molecule has 0 bridgehead atoms. The SMILES string of the molecule is N#Cc1ccccc1NC(=O)CN1C(=O)C2CC2C1=O. The summed E-state index contributed by atoms with van der Waals surface area (Å²) in [6.07, 6.45) is 0.618. The quantitative estimate of drug-likeness (QED) is 0.809. The molecule has 2 aliphatic rings. The number of imide groups is 1. The minimum atomic E-state index is -0.476. The summed E-state index contributed by atoms with van der Waals surface area (Å²) in [5.41, 5.74) is 0.715. The minimum Gasteiger partial charge on any atom is -0.323 e. The second kappa shape index (κ2) is 4.46. The van der Waals surface area contributed by atoms with Crippen molar-refractivity contribution in [3.63, 3.8) is 0 Å². The summed E-state index contributed by atoms with van der Waals surface area (Å²) in [7, 11) is 0. The number of nitrogens with one attached hydrogen (secondary N) is 1. The van der Waals surface area contributed by atoms with Gasteiger partial charge in [-0.15, -0.1) is 0 Å². The molecule has 6 nitrogen and oxygen atoms in total. The van der Waals surface area contributed by atoms with Gasteiger partial charge in [-0.3, -0.25) is 19.3 Å². The Morgan fingerprint density at radius 2 is 1.95 bits per heavy atom. The third kappa shape index (κ3) is 1.93. The summed E-state index contributed by atoms with van der Waals surface area (Å²) >= 11 is 0. The number of rotatable bonds is 3. The van der Waals surface area contributed by atoms with Gasteiger partial charge < -0.3 is 5.32 Å². The van der Waals surface area contributed by atoms with Crippen molar-refractivity contribution < 1.29 is 14.4 Å². The van der Waals surface area contributed by atoms with E-state index in [1.165, 1.54) is 0 Å². The maximum Gasteiger partial charge on any atom is 0.244 e. The molecule has 1 heterocycles. The van der Waals surface area contributed by atoms with Gasteiger partial charge in [-0.25, -0.2) is 0 Å². The second-order valence-corrected chi connectivity index (χ2v) is 4.92. The van der Waals surface area contributed by atoms with Crippen molar-refractivity contribution in [2.75, 3.05) is 11.9 Å². The van der Waals surface area contributed by atoms with Crippen LogP contribution >= 0.6 is 0 Å². The molecule has 3 rings (SSSR count). The molecular formula is C14H11N3O3. The number of anilines is 1. The van der Waals surface area contributed by atoms with E-state index in [1.807, 2.05) is 6.07 Å². The molecule has 100 valence electrons. The summed E-state index contributed by atoms with van der Waals surface area (Å²) in [6, 6.07) is 8.53. The molecule has 20 heavy (non-hydrogen) atoms. The Labute approximate surface area is 115 Å². The second-order valence-electron chi connectivity index (χ2n) is 4.92. The van der Waals surface area contributed by atoms with Gasteiger partial charge in [0.25, 0.3) is 0 Å². The molecule has 1 aliphatic carbocycles. The first-order valence-corrected chi connectivity index (χ1v) is 6.26. The Balaban J connectivity index is 1.67. The van der Waals surface area contributed by atoms with Crippen molar-refractivity contribution in [2.24, 2.45) is 11.8 Å². The van der Waals surface area contributed by atoms with E-state index in [9.17, 15) is 14.4 Å². The summed E-state index contributed by atoms with van der Waals surface area (Å²) in [4.78, 5) is 36.4. The summed E-state index contributed by atoms with van der Waals surface area (Å²) in [5.74, 6) is -1.41. The highest BCUT2D eigenvalue weighted by Crippen LogP contribution is 2.46. The van der Waals surface area contributed by atoms with Gasteiger partial charge in [0.1, 0.15) is 12.6 Å². The van der Waals surface area contributed by atoms with Crippen LogP contribution < -0.4 is 5.32 Å². The van der Waals surface area contributed by atoms with E-state index in [0.29, 0.717) is 17.7 Å². The number of piperidine rings is 1. The molecule has 0 spiro atoms. The minimum absolute atomic E-state index is 0.207. The number of likely N-dealkylation sites (tertiary alicyclic amines) is 1. The van der Waals surface area contributed by atoms with E-state index in [-0.39, 0.29) is 30.2 Å². The standard InChI is InChI=1S/C14H11N3O3/c15-6-8-3-1-2-4-11(8)16-12(18)7-17-13(19)9-5-10(9)14(17)20/h1-4,9-10H,5,7H2,(H,16,18). The Bertz CT molecular complexity index is 642. The number of amides is 3. The first-order chi connectivity index (χ1) is 9.61. The Kier molecular flexibility index (Phi) is 2.75. The van der Waals surface area contributed by atoms with Crippen molar-refractivity contribution in [1.82, 2.24) is 4.90 Å². The molecule has 2 fully saturated rings. The number of carbonyl (C=O) groups excluding carboxylic acids is 3. The molecular weight excluding hydrogens is 258 g/mol. The first-order valence-electron chi connectivity index (χ1n) is 6.26. The number of benzene rings is 1. The number of hydrogen-bond donors (Lipinski definition) is 1. The van der Waals surface area contributed by atoms with E-state index in [2.05, 4.69) is 5.32 Å². The number of nitriles is 1. The molecule has 0 radical (unpaired) electrons. The Morgan fingerprint density at radius 3 is 2.60 bits per heavy atom. The molecule has 6 heteroatoms. The predicted molar refractivity (Wildman–Crippen MR) is 68.1 cm³/mol. The fourth-order valence-corrected chi connectivity index (χ4v) is 2.43. The third-order valence-corrected chi connectivity index (χ3v) is 3.58. The normalized spacial score (nSPS) is 23.2. The van der Waals surface area contributed by atoms with Crippen LogP contribution in [0.3, 0.4) is 0 Å². The van der Waals surface area contributed by atoms with Crippen LogP contribution in [0.4, 0.5) is 5.69 Å². The van der Waals surface area contributed by atoms with Crippen molar-refractivity contribution in [2.45, 2.75) is 6.42 Å². The molecule has 0 aromatic heterocycles. The molecule has 1 aromatic rings. The van der Waals surface area contributed by atoms with Crippen LogP contribution in [-0.2, 0) is 14.4 Å². The number of para-hydroxylation sites is 1. The highest BCUT2D eigenvalue weighted by molar-refractivity contribution is 6.11. The van der Waals surface area contributed by atoms with Crippen LogP contribution in [0.5, 0.6) is 0 Å². The van der Waals surface area contributed by atoms with Crippen molar-refractivity contribution in [3.05, 3.63) is 29.8 Å². The van der Waals surface area contributed by atoms with Crippen LogP contribution in [0.25, 0.3) is 0 Å². The monoisotopic (exact) mass is 269 g/mol. The van der Waals surface area contributed by atoms with Crippen LogP contribution in [0, 0.1) is 23.2 Å². The van der Waals surface area contributed by atoms with Crippen LogP contribution in [0.1, 0.15) is 12.0 Å².